The summed E-state index contributed by atoms with van der Waals surface area (Å²) in [6, 6.07) is 2.55. The highest BCUT2D eigenvalue weighted by atomic mass is 16.2. The second kappa shape index (κ2) is 8.16. The van der Waals surface area contributed by atoms with Crippen molar-refractivity contribution in [1.82, 2.24) is 10.2 Å². The molecule has 0 heterocycles. The van der Waals surface area contributed by atoms with E-state index in [2.05, 4.69) is 25.2 Å². The van der Waals surface area contributed by atoms with E-state index in [9.17, 15) is 4.79 Å². The lowest BCUT2D eigenvalue weighted by molar-refractivity contribution is -0.130. The predicted octanol–water partition coefficient (Wildman–Crippen LogP) is 2.16. The number of rotatable bonds is 6. The van der Waals surface area contributed by atoms with Crippen molar-refractivity contribution in [2.45, 2.75) is 52.5 Å². The zero-order valence-electron chi connectivity index (χ0n) is 12.5. The fourth-order valence-corrected chi connectivity index (χ4v) is 2.84. The number of likely N-dealkylation sites (N-methyl/N-ethyl adjacent to an activating group) is 1. The van der Waals surface area contributed by atoms with Gasteiger partial charge >= 0.3 is 0 Å². The molecule has 108 valence electrons. The Hall–Kier alpha value is -1.08. The van der Waals surface area contributed by atoms with E-state index >= 15 is 0 Å². The lowest BCUT2D eigenvalue weighted by Gasteiger charge is -2.35. The predicted molar refractivity (Wildman–Crippen MR) is 76.5 cm³/mol. The summed E-state index contributed by atoms with van der Waals surface area (Å²) in [6.07, 6.45) is 4.14. The van der Waals surface area contributed by atoms with Gasteiger partial charge in [-0.1, -0.05) is 26.7 Å². The lowest BCUT2D eigenvalue weighted by Crippen LogP contribution is -2.46. The van der Waals surface area contributed by atoms with Crippen molar-refractivity contribution in [3.8, 4) is 6.07 Å². The summed E-state index contributed by atoms with van der Waals surface area (Å²) in [4.78, 5) is 13.8. The zero-order chi connectivity index (χ0) is 14.3. The van der Waals surface area contributed by atoms with Gasteiger partial charge in [0.2, 0.25) is 5.91 Å². The maximum Gasteiger partial charge on any atom is 0.236 e. The van der Waals surface area contributed by atoms with Crippen LogP contribution in [-0.4, -0.2) is 36.5 Å². The molecule has 0 aromatic carbocycles. The SMILES string of the molecule is CCN(CCC#N)C(=O)CNC1CCCC(C)C1C. The molecule has 4 heteroatoms. The Bertz CT molecular complexity index is 324. The highest BCUT2D eigenvalue weighted by molar-refractivity contribution is 5.78. The number of amides is 1. The Labute approximate surface area is 117 Å². The Morgan fingerprint density at radius 3 is 2.79 bits per heavy atom. The molecule has 0 aromatic heterocycles. The summed E-state index contributed by atoms with van der Waals surface area (Å²) in [7, 11) is 0. The molecule has 1 fully saturated rings. The molecule has 4 nitrogen and oxygen atoms in total. The van der Waals surface area contributed by atoms with Gasteiger partial charge in [-0.2, -0.15) is 5.26 Å². The van der Waals surface area contributed by atoms with E-state index in [-0.39, 0.29) is 5.91 Å². The molecule has 0 aromatic rings. The number of carbonyl (C=O) groups is 1. The van der Waals surface area contributed by atoms with Gasteiger partial charge in [-0.25, -0.2) is 0 Å². The molecule has 0 radical (unpaired) electrons. The van der Waals surface area contributed by atoms with Crippen molar-refractivity contribution in [1.29, 1.82) is 5.26 Å². The summed E-state index contributed by atoms with van der Waals surface area (Å²) in [6.45, 7) is 8.16. The molecular formula is C15H27N3O. The topological polar surface area (TPSA) is 56.1 Å². The normalized spacial score (nSPS) is 26.7. The van der Waals surface area contributed by atoms with Crippen LogP contribution in [0.1, 0.15) is 46.5 Å². The van der Waals surface area contributed by atoms with E-state index in [0.717, 1.165) is 5.92 Å². The van der Waals surface area contributed by atoms with Crippen LogP contribution in [0.15, 0.2) is 0 Å². The fourth-order valence-electron chi connectivity index (χ4n) is 2.84. The number of carbonyl (C=O) groups excluding carboxylic acids is 1. The van der Waals surface area contributed by atoms with Crippen LogP contribution in [0.4, 0.5) is 0 Å². The zero-order valence-corrected chi connectivity index (χ0v) is 12.5. The van der Waals surface area contributed by atoms with Crippen molar-refractivity contribution in [2.75, 3.05) is 19.6 Å². The van der Waals surface area contributed by atoms with Gasteiger partial charge in [-0.05, 0) is 25.2 Å². The molecule has 0 bridgehead atoms. The smallest absolute Gasteiger partial charge is 0.236 e. The summed E-state index contributed by atoms with van der Waals surface area (Å²) < 4.78 is 0. The van der Waals surface area contributed by atoms with Crippen molar-refractivity contribution in [3.05, 3.63) is 0 Å². The van der Waals surface area contributed by atoms with Crippen LogP contribution < -0.4 is 5.32 Å². The lowest BCUT2D eigenvalue weighted by atomic mass is 9.78. The molecule has 1 aliphatic carbocycles. The highest BCUT2D eigenvalue weighted by Gasteiger charge is 2.27. The summed E-state index contributed by atoms with van der Waals surface area (Å²) >= 11 is 0. The Balaban J connectivity index is 2.38. The standard InChI is InChI=1S/C15H27N3O/c1-4-18(10-6-9-16)15(19)11-17-14-8-5-7-12(2)13(14)3/h12-14,17H,4-8,10-11H2,1-3H3. The first kappa shape index (κ1) is 16.0. The molecule has 1 rings (SSSR count). The van der Waals surface area contributed by atoms with Gasteiger partial charge in [0.15, 0.2) is 0 Å². The minimum absolute atomic E-state index is 0.114. The van der Waals surface area contributed by atoms with Crippen molar-refractivity contribution >= 4 is 5.91 Å². The fraction of sp³-hybridized carbons (Fsp3) is 0.867. The first-order valence-corrected chi connectivity index (χ1v) is 7.48. The maximum atomic E-state index is 12.1. The molecule has 3 atom stereocenters. The quantitative estimate of drug-likeness (QED) is 0.800. The molecule has 1 saturated carbocycles. The Morgan fingerprint density at radius 1 is 1.42 bits per heavy atom. The largest absolute Gasteiger partial charge is 0.341 e. The monoisotopic (exact) mass is 265 g/mol. The van der Waals surface area contributed by atoms with E-state index in [1.807, 2.05) is 6.92 Å². The number of nitrogens with one attached hydrogen (secondary N) is 1. The molecule has 1 aliphatic rings. The van der Waals surface area contributed by atoms with Crippen LogP contribution in [0.5, 0.6) is 0 Å². The van der Waals surface area contributed by atoms with Crippen LogP contribution in [0.3, 0.4) is 0 Å². The second-order valence-corrected chi connectivity index (χ2v) is 5.64. The van der Waals surface area contributed by atoms with Gasteiger partial charge < -0.3 is 10.2 Å². The van der Waals surface area contributed by atoms with Crippen molar-refractivity contribution < 1.29 is 4.79 Å². The van der Waals surface area contributed by atoms with Crippen LogP contribution >= 0.6 is 0 Å². The number of nitriles is 1. The molecule has 3 unspecified atom stereocenters. The summed E-state index contributed by atoms with van der Waals surface area (Å²) in [5.41, 5.74) is 0. The minimum atomic E-state index is 0.114. The van der Waals surface area contributed by atoms with Crippen molar-refractivity contribution in [2.24, 2.45) is 11.8 Å². The first-order valence-electron chi connectivity index (χ1n) is 7.48. The van der Waals surface area contributed by atoms with E-state index in [1.165, 1.54) is 19.3 Å². The maximum absolute atomic E-state index is 12.1. The molecule has 19 heavy (non-hydrogen) atoms. The van der Waals surface area contributed by atoms with E-state index in [0.29, 0.717) is 38.0 Å². The molecular weight excluding hydrogens is 238 g/mol. The van der Waals surface area contributed by atoms with Gasteiger partial charge in [0, 0.05) is 19.1 Å². The molecule has 0 spiro atoms. The van der Waals surface area contributed by atoms with Gasteiger partial charge in [0.05, 0.1) is 19.0 Å². The third-order valence-electron chi connectivity index (χ3n) is 4.45. The molecule has 0 aliphatic heterocycles. The van der Waals surface area contributed by atoms with Crippen LogP contribution in [-0.2, 0) is 4.79 Å². The van der Waals surface area contributed by atoms with Crippen molar-refractivity contribution in [3.63, 3.8) is 0 Å². The molecule has 0 saturated heterocycles. The first-order chi connectivity index (χ1) is 9.10. The van der Waals surface area contributed by atoms with Gasteiger partial charge in [0.25, 0.3) is 0 Å². The summed E-state index contributed by atoms with van der Waals surface area (Å²) in [5, 5.41) is 12.0. The minimum Gasteiger partial charge on any atom is -0.341 e. The number of nitrogens with zero attached hydrogens (tertiary/aromatic N) is 2. The average molecular weight is 265 g/mol. The van der Waals surface area contributed by atoms with Crippen LogP contribution in [0.2, 0.25) is 0 Å². The Kier molecular flexibility index (Phi) is 6.86. The van der Waals surface area contributed by atoms with Gasteiger partial charge in [0.1, 0.15) is 0 Å². The number of hydrogen-bond acceptors (Lipinski definition) is 3. The third-order valence-corrected chi connectivity index (χ3v) is 4.45. The van der Waals surface area contributed by atoms with E-state index in [1.54, 1.807) is 4.90 Å². The third kappa shape index (κ3) is 4.83. The second-order valence-electron chi connectivity index (χ2n) is 5.64. The van der Waals surface area contributed by atoms with E-state index < -0.39 is 0 Å². The van der Waals surface area contributed by atoms with Gasteiger partial charge in [-0.15, -0.1) is 0 Å². The summed E-state index contributed by atoms with van der Waals surface area (Å²) in [5.74, 6) is 1.49. The highest BCUT2D eigenvalue weighted by Crippen LogP contribution is 2.29. The van der Waals surface area contributed by atoms with Crippen LogP contribution in [0.25, 0.3) is 0 Å². The molecule has 1 amide bonds. The average Bonchev–Trinajstić information content (AvgIpc) is 2.41. The van der Waals surface area contributed by atoms with E-state index in [4.69, 9.17) is 5.26 Å². The molecule has 1 N–H and O–H groups in total. The van der Waals surface area contributed by atoms with Crippen LogP contribution in [0, 0.1) is 23.2 Å². The van der Waals surface area contributed by atoms with Gasteiger partial charge in [-0.3, -0.25) is 4.79 Å². The number of hydrogen-bond donors (Lipinski definition) is 1. The Morgan fingerprint density at radius 2 is 2.16 bits per heavy atom.